The minimum Gasteiger partial charge on any atom is -0.434 e. The molecule has 2 heterocycles. The molecule has 2 aliphatic rings. The number of hydrogen-bond donors (Lipinski definition) is 5. The number of esters is 1. The van der Waals surface area contributed by atoms with E-state index in [2.05, 4.69) is 40.8 Å². The van der Waals surface area contributed by atoms with Crippen LogP contribution in [0.25, 0.3) is 0 Å². The van der Waals surface area contributed by atoms with Gasteiger partial charge in [-0.3, -0.25) is 23.5 Å². The molecule has 4 atom stereocenters. The fourth-order valence-corrected chi connectivity index (χ4v) is 4.16. The number of cyclic esters (lactones) is 1. The fraction of sp³-hybridized carbons (Fsp3) is 0.474. The lowest BCUT2D eigenvalue weighted by atomic mass is 9.91. The Morgan fingerprint density at radius 2 is 2.06 bits per heavy atom. The Morgan fingerprint density at radius 1 is 1.32 bits per heavy atom. The Balaban J connectivity index is 1.70. The number of benzene rings is 1. The molecule has 2 amide bonds. The molecule has 2 fully saturated rings. The summed E-state index contributed by atoms with van der Waals surface area (Å²) in [6.45, 7) is 0.377. The molecule has 4 unspecified atom stereocenters. The lowest BCUT2D eigenvalue weighted by Crippen LogP contribution is -2.53. The molecule has 168 valence electrons. The van der Waals surface area contributed by atoms with Crippen LogP contribution in [0.15, 0.2) is 24.3 Å². The Kier molecular flexibility index (Phi) is 7.24. The highest BCUT2D eigenvalue weighted by molar-refractivity contribution is 7.82. The molecule has 1 aromatic rings. The molecule has 1 aromatic carbocycles. The van der Waals surface area contributed by atoms with Gasteiger partial charge in [-0.15, -0.1) is 0 Å². The summed E-state index contributed by atoms with van der Waals surface area (Å²) in [6.07, 6.45) is -1.82. The van der Waals surface area contributed by atoms with Crippen LogP contribution < -0.4 is 10.6 Å². The summed E-state index contributed by atoms with van der Waals surface area (Å²) >= 11 is 8.76. The van der Waals surface area contributed by atoms with Gasteiger partial charge in [0.25, 0.3) is 5.91 Å². The standard InChI is InChI=1S/C19H22FN3O6S2/c20-11-3-1-2-10(6-11)17(27)22-13-9-23(31)5-4-19(30,16(13)26)8-14(24)21-12-7-15(25)29-18(12)28/h1-3,6,12-13,18,28,30-31H,4-5,7-9H2,(H,21,24)(H,22,27). The monoisotopic (exact) mass is 471 g/mol. The number of aliphatic hydroxyl groups is 1. The van der Waals surface area contributed by atoms with E-state index in [1.54, 1.807) is 0 Å². The molecule has 9 nitrogen and oxygen atoms in total. The molecule has 2 saturated heterocycles. The largest absolute Gasteiger partial charge is 0.434 e. The van der Waals surface area contributed by atoms with Gasteiger partial charge in [-0.05, 0) is 24.6 Å². The maximum Gasteiger partial charge on any atom is 0.310 e. The first kappa shape index (κ1) is 23.5. The van der Waals surface area contributed by atoms with Crippen LogP contribution >= 0.6 is 25.4 Å². The predicted molar refractivity (Wildman–Crippen MR) is 113 cm³/mol. The first-order valence-corrected chi connectivity index (χ1v) is 10.4. The number of aliphatic hydroxyl groups excluding tert-OH is 1. The Hall–Kier alpha value is -2.15. The van der Waals surface area contributed by atoms with Crippen molar-refractivity contribution in [1.29, 1.82) is 0 Å². The van der Waals surface area contributed by atoms with E-state index >= 15 is 0 Å². The van der Waals surface area contributed by atoms with Crippen LogP contribution in [-0.2, 0) is 19.1 Å². The van der Waals surface area contributed by atoms with Crippen molar-refractivity contribution in [2.24, 2.45) is 0 Å². The van der Waals surface area contributed by atoms with Crippen molar-refractivity contribution in [2.45, 2.75) is 42.4 Å². The summed E-state index contributed by atoms with van der Waals surface area (Å²) in [6, 6.07) is 3.08. The number of ketones is 1. The molecular weight excluding hydrogens is 449 g/mol. The van der Waals surface area contributed by atoms with Crippen molar-refractivity contribution in [1.82, 2.24) is 14.9 Å². The van der Waals surface area contributed by atoms with Crippen LogP contribution in [0.4, 0.5) is 4.39 Å². The minimum atomic E-state index is -1.46. The van der Waals surface area contributed by atoms with Gasteiger partial charge in [-0.25, -0.2) is 4.39 Å². The number of rotatable bonds is 5. The second-order valence-electron chi connectivity index (χ2n) is 7.53. The van der Waals surface area contributed by atoms with Gasteiger partial charge >= 0.3 is 5.97 Å². The fourth-order valence-electron chi connectivity index (χ4n) is 3.50. The average Bonchev–Trinajstić information content (AvgIpc) is 2.96. The Morgan fingerprint density at radius 3 is 2.71 bits per heavy atom. The number of nitrogens with zero attached hydrogens (tertiary/aromatic N) is 1. The highest BCUT2D eigenvalue weighted by atomic mass is 32.1. The number of thiol groups is 2. The van der Waals surface area contributed by atoms with Crippen LogP contribution in [0, 0.1) is 5.82 Å². The van der Waals surface area contributed by atoms with Gasteiger partial charge in [0.05, 0.1) is 11.2 Å². The number of halogens is 1. The van der Waals surface area contributed by atoms with Crippen molar-refractivity contribution in [3.05, 3.63) is 35.6 Å². The van der Waals surface area contributed by atoms with Gasteiger partial charge < -0.3 is 20.5 Å². The molecule has 3 N–H and O–H groups in total. The Bertz CT molecular complexity index is 903. The first-order chi connectivity index (χ1) is 14.6. The molecular formula is C19H22FN3O6S2. The van der Waals surface area contributed by atoms with Crippen molar-refractivity contribution in [2.75, 3.05) is 13.1 Å². The van der Waals surface area contributed by atoms with Crippen LogP contribution in [0.5, 0.6) is 0 Å². The quantitative estimate of drug-likeness (QED) is 0.299. The summed E-state index contributed by atoms with van der Waals surface area (Å²) in [4.78, 5) is 49.4. The van der Waals surface area contributed by atoms with E-state index in [-0.39, 0.29) is 31.4 Å². The van der Waals surface area contributed by atoms with Crippen LogP contribution in [-0.4, -0.2) is 69.2 Å². The highest BCUT2D eigenvalue weighted by Gasteiger charge is 2.45. The molecule has 12 heteroatoms. The van der Waals surface area contributed by atoms with Crippen molar-refractivity contribution >= 4 is 49.0 Å². The zero-order chi connectivity index (χ0) is 22.8. The van der Waals surface area contributed by atoms with Crippen LogP contribution in [0.2, 0.25) is 0 Å². The van der Waals surface area contributed by atoms with Gasteiger partial charge in [0.2, 0.25) is 12.2 Å². The second-order valence-corrected chi connectivity index (χ2v) is 8.95. The molecule has 0 aliphatic carbocycles. The zero-order valence-corrected chi connectivity index (χ0v) is 18.1. The van der Waals surface area contributed by atoms with Crippen molar-refractivity contribution in [3.63, 3.8) is 0 Å². The zero-order valence-electron chi connectivity index (χ0n) is 16.3. The molecule has 0 bridgehead atoms. The number of carbonyl (C=O) groups is 4. The van der Waals surface area contributed by atoms with E-state index in [1.807, 2.05) is 0 Å². The van der Waals surface area contributed by atoms with E-state index < -0.39 is 52.5 Å². The van der Waals surface area contributed by atoms with Gasteiger partial charge in [-0.2, -0.15) is 12.6 Å². The maximum atomic E-state index is 13.4. The molecule has 0 spiro atoms. The third kappa shape index (κ3) is 5.76. The van der Waals surface area contributed by atoms with Gasteiger partial charge in [0.15, 0.2) is 5.78 Å². The van der Waals surface area contributed by atoms with Gasteiger partial charge in [0, 0.05) is 25.1 Å². The number of carbonyl (C=O) groups excluding carboxylic acids is 4. The van der Waals surface area contributed by atoms with Crippen molar-refractivity contribution in [3.8, 4) is 0 Å². The predicted octanol–water partition coefficient (Wildman–Crippen LogP) is -0.148. The maximum absolute atomic E-state index is 13.4. The number of amides is 2. The van der Waals surface area contributed by atoms with E-state index in [0.717, 1.165) is 6.07 Å². The summed E-state index contributed by atoms with van der Waals surface area (Å²) in [5.41, 5.74) is 0.0464. The summed E-state index contributed by atoms with van der Waals surface area (Å²) in [5, 5.41) is 14.7. The Labute approximate surface area is 188 Å². The molecule has 31 heavy (non-hydrogen) atoms. The molecule has 3 rings (SSSR count). The molecule has 0 radical (unpaired) electrons. The third-order valence-electron chi connectivity index (χ3n) is 5.13. The molecule has 0 aromatic heterocycles. The SMILES string of the molecule is O=C(CC1(S)CCN(S)CC(NC(=O)c2cccc(F)c2)C1=O)NC1CC(=O)OC1O. The first-order valence-electron chi connectivity index (χ1n) is 9.51. The number of ether oxygens (including phenoxy) is 1. The summed E-state index contributed by atoms with van der Waals surface area (Å²) < 4.78 is 18.1. The smallest absolute Gasteiger partial charge is 0.310 e. The lowest BCUT2D eigenvalue weighted by Gasteiger charge is -2.28. The van der Waals surface area contributed by atoms with E-state index in [0.29, 0.717) is 6.54 Å². The van der Waals surface area contributed by atoms with E-state index in [9.17, 15) is 28.7 Å². The second kappa shape index (κ2) is 9.55. The van der Waals surface area contributed by atoms with Gasteiger partial charge in [0.1, 0.15) is 17.9 Å². The van der Waals surface area contributed by atoms with Crippen LogP contribution in [0.3, 0.4) is 0 Å². The molecule has 0 saturated carbocycles. The highest BCUT2D eigenvalue weighted by Crippen LogP contribution is 2.31. The van der Waals surface area contributed by atoms with E-state index in [4.69, 9.17) is 0 Å². The summed E-state index contributed by atoms with van der Waals surface area (Å²) in [5.74, 6) is -2.98. The number of hydrogen-bond acceptors (Lipinski definition) is 9. The number of Topliss-reactive ketones (excluding diaryl/α,β-unsaturated/α-hetero) is 1. The van der Waals surface area contributed by atoms with Crippen LogP contribution in [0.1, 0.15) is 29.6 Å². The average molecular weight is 472 g/mol. The summed E-state index contributed by atoms with van der Waals surface area (Å²) in [7, 11) is 0. The normalized spacial score (nSPS) is 29.2. The van der Waals surface area contributed by atoms with Gasteiger partial charge in [-0.1, -0.05) is 18.9 Å². The topological polar surface area (TPSA) is 125 Å². The van der Waals surface area contributed by atoms with E-state index in [1.165, 1.54) is 22.5 Å². The third-order valence-corrected chi connectivity index (χ3v) is 6.09. The van der Waals surface area contributed by atoms with Crippen molar-refractivity contribution < 1.29 is 33.4 Å². The molecule has 2 aliphatic heterocycles. The lowest BCUT2D eigenvalue weighted by molar-refractivity contribution is -0.155. The number of nitrogens with one attached hydrogen (secondary N) is 2. The minimum absolute atomic E-state index is 0.0464.